The summed E-state index contributed by atoms with van der Waals surface area (Å²) in [6, 6.07) is 8.39. The van der Waals surface area contributed by atoms with Crippen LogP contribution < -0.4 is 0 Å². The predicted octanol–water partition coefficient (Wildman–Crippen LogP) is 2.71. The van der Waals surface area contributed by atoms with Gasteiger partial charge in [-0.25, -0.2) is 9.59 Å². The second-order valence-corrected chi connectivity index (χ2v) is 9.47. The van der Waals surface area contributed by atoms with E-state index in [1.807, 2.05) is 6.07 Å². The van der Waals surface area contributed by atoms with Crippen molar-refractivity contribution in [3.8, 4) is 6.07 Å². The topological polar surface area (TPSA) is 137 Å². The van der Waals surface area contributed by atoms with Crippen LogP contribution in [0.1, 0.15) is 54.9 Å². The van der Waals surface area contributed by atoms with E-state index < -0.39 is 18.0 Å². The van der Waals surface area contributed by atoms with E-state index in [9.17, 15) is 19.2 Å². The number of nitriles is 1. The highest BCUT2D eigenvalue weighted by molar-refractivity contribution is 5.98. The number of ketones is 1. The van der Waals surface area contributed by atoms with Gasteiger partial charge in [0.15, 0.2) is 5.78 Å². The molecule has 2 saturated heterocycles. The molecular formula is C26H33N3O7. The normalized spacial score (nSPS) is 19.3. The summed E-state index contributed by atoms with van der Waals surface area (Å²) in [6.07, 6.45) is 1.74. The van der Waals surface area contributed by atoms with E-state index in [-0.39, 0.29) is 43.3 Å². The average molecular weight is 500 g/mol. The first-order valence-corrected chi connectivity index (χ1v) is 12.3. The highest BCUT2D eigenvalue weighted by atomic mass is 16.6. The molecule has 1 aromatic carbocycles. The summed E-state index contributed by atoms with van der Waals surface area (Å²) in [5.74, 6) is -1.16. The Bertz CT molecular complexity index is 980. The minimum absolute atomic E-state index is 0.00108. The smallest absolute Gasteiger partial charge is 0.407 e. The number of benzene rings is 1. The first-order valence-electron chi connectivity index (χ1n) is 12.3. The lowest BCUT2D eigenvalue weighted by Gasteiger charge is -2.33. The van der Waals surface area contributed by atoms with Crippen LogP contribution in [0, 0.1) is 23.2 Å². The quantitative estimate of drug-likeness (QED) is 0.404. The van der Waals surface area contributed by atoms with Crippen molar-refractivity contribution in [1.29, 1.82) is 5.26 Å². The molecule has 2 amide bonds. The van der Waals surface area contributed by atoms with Gasteiger partial charge in [-0.15, -0.1) is 0 Å². The van der Waals surface area contributed by atoms with Crippen molar-refractivity contribution >= 4 is 23.8 Å². The van der Waals surface area contributed by atoms with Crippen LogP contribution in [0.15, 0.2) is 24.3 Å². The monoisotopic (exact) mass is 499 g/mol. The van der Waals surface area contributed by atoms with Crippen LogP contribution in [0.5, 0.6) is 0 Å². The Balaban J connectivity index is 1.33. The Labute approximate surface area is 210 Å². The number of carbonyl (C=O) groups is 4. The van der Waals surface area contributed by atoms with Crippen molar-refractivity contribution in [1.82, 2.24) is 9.80 Å². The third-order valence-corrected chi connectivity index (χ3v) is 6.71. The van der Waals surface area contributed by atoms with Crippen LogP contribution in [0.25, 0.3) is 0 Å². The lowest BCUT2D eigenvalue weighted by atomic mass is 9.97. The van der Waals surface area contributed by atoms with Gasteiger partial charge < -0.3 is 24.4 Å². The van der Waals surface area contributed by atoms with Gasteiger partial charge >= 0.3 is 12.1 Å². The second kappa shape index (κ2) is 13.0. The van der Waals surface area contributed by atoms with Crippen LogP contribution in [0.3, 0.4) is 0 Å². The minimum atomic E-state index is -0.952. The first-order chi connectivity index (χ1) is 17.3. The van der Waals surface area contributed by atoms with E-state index in [4.69, 9.17) is 19.8 Å². The molecule has 1 aromatic rings. The molecule has 2 heterocycles. The van der Waals surface area contributed by atoms with Gasteiger partial charge in [-0.1, -0.05) is 19.1 Å². The maximum atomic E-state index is 12.8. The number of likely N-dealkylation sites (tertiary alicyclic amines) is 2. The SMILES string of the molecule is C[C@H](CC(=O)c1ccc(C#N)cc1)C(=O)N1CCC(OCC(=O)OCC2CCCN(C(=O)O)C2)CC1. The molecule has 1 unspecified atom stereocenters. The van der Waals surface area contributed by atoms with Gasteiger partial charge in [0.1, 0.15) is 6.61 Å². The highest BCUT2D eigenvalue weighted by Crippen LogP contribution is 2.20. The molecule has 0 spiro atoms. The lowest BCUT2D eigenvalue weighted by Crippen LogP contribution is -2.44. The number of hydrogen-bond acceptors (Lipinski definition) is 7. The zero-order valence-corrected chi connectivity index (χ0v) is 20.6. The Hall–Kier alpha value is -3.45. The summed E-state index contributed by atoms with van der Waals surface area (Å²) >= 11 is 0. The molecular weight excluding hydrogens is 466 g/mol. The van der Waals surface area contributed by atoms with Gasteiger partial charge in [-0.05, 0) is 37.8 Å². The molecule has 3 rings (SSSR count). The predicted molar refractivity (Wildman–Crippen MR) is 128 cm³/mol. The third kappa shape index (κ3) is 7.78. The van der Waals surface area contributed by atoms with Crippen LogP contribution in [0.4, 0.5) is 4.79 Å². The lowest BCUT2D eigenvalue weighted by molar-refractivity contribution is -0.155. The van der Waals surface area contributed by atoms with E-state index in [2.05, 4.69) is 0 Å². The summed E-state index contributed by atoms with van der Waals surface area (Å²) in [5, 5.41) is 18.0. The number of piperidine rings is 2. The first kappa shape index (κ1) is 27.1. The van der Waals surface area contributed by atoms with Gasteiger partial charge in [0, 0.05) is 50.0 Å². The van der Waals surface area contributed by atoms with E-state index in [1.54, 1.807) is 36.1 Å². The van der Waals surface area contributed by atoms with Crippen molar-refractivity contribution in [2.24, 2.45) is 11.8 Å². The van der Waals surface area contributed by atoms with Crippen molar-refractivity contribution in [2.75, 3.05) is 39.4 Å². The second-order valence-electron chi connectivity index (χ2n) is 9.47. The zero-order chi connectivity index (χ0) is 26.1. The molecule has 2 atom stereocenters. The number of ether oxygens (including phenoxy) is 2. The Kier molecular flexibility index (Phi) is 9.82. The van der Waals surface area contributed by atoms with Crippen molar-refractivity contribution in [3.05, 3.63) is 35.4 Å². The van der Waals surface area contributed by atoms with Gasteiger partial charge in [0.05, 0.1) is 24.3 Å². The van der Waals surface area contributed by atoms with E-state index in [0.717, 1.165) is 12.8 Å². The largest absolute Gasteiger partial charge is 0.465 e. The third-order valence-electron chi connectivity index (χ3n) is 6.71. The maximum absolute atomic E-state index is 12.8. The standard InChI is InChI=1S/C26H33N3O7/c1-18(13-23(30)21-6-4-19(14-27)5-7-21)25(32)28-11-8-22(9-12-28)35-17-24(31)36-16-20-3-2-10-29(15-20)26(33)34/h4-7,18,20,22H,2-3,8-13,15-17H2,1H3,(H,33,34)/t18-,20?/m1/s1. The summed E-state index contributed by atoms with van der Waals surface area (Å²) < 4.78 is 11.0. The van der Waals surface area contributed by atoms with Crippen LogP contribution in [-0.2, 0) is 19.1 Å². The fraction of sp³-hybridized carbons (Fsp3) is 0.577. The van der Waals surface area contributed by atoms with Gasteiger partial charge in [0.25, 0.3) is 0 Å². The number of carboxylic acid groups (broad SMARTS) is 1. The Morgan fingerprint density at radius 3 is 2.42 bits per heavy atom. The molecule has 0 aliphatic carbocycles. The number of nitrogens with zero attached hydrogens (tertiary/aromatic N) is 3. The molecule has 2 aliphatic heterocycles. The zero-order valence-electron chi connectivity index (χ0n) is 20.6. The highest BCUT2D eigenvalue weighted by Gasteiger charge is 2.29. The number of Topliss-reactive ketones (excluding diaryl/α,β-unsaturated/α-hetero) is 1. The summed E-state index contributed by atoms with van der Waals surface area (Å²) in [5.41, 5.74) is 0.959. The molecule has 0 radical (unpaired) electrons. The van der Waals surface area contributed by atoms with Gasteiger partial charge in [-0.3, -0.25) is 9.59 Å². The van der Waals surface area contributed by atoms with Crippen LogP contribution in [0.2, 0.25) is 0 Å². The molecule has 36 heavy (non-hydrogen) atoms. The summed E-state index contributed by atoms with van der Waals surface area (Å²) in [7, 11) is 0. The molecule has 10 heteroatoms. The molecule has 2 fully saturated rings. The minimum Gasteiger partial charge on any atom is -0.465 e. The molecule has 2 aliphatic rings. The fourth-order valence-corrected chi connectivity index (χ4v) is 4.58. The van der Waals surface area contributed by atoms with Crippen molar-refractivity contribution in [3.63, 3.8) is 0 Å². The molecule has 10 nitrogen and oxygen atoms in total. The Morgan fingerprint density at radius 1 is 1.08 bits per heavy atom. The maximum Gasteiger partial charge on any atom is 0.407 e. The van der Waals surface area contributed by atoms with Crippen molar-refractivity contribution < 1.29 is 33.8 Å². The number of esters is 1. The number of amides is 2. The molecule has 194 valence electrons. The van der Waals surface area contributed by atoms with Gasteiger partial charge in [-0.2, -0.15) is 5.26 Å². The Morgan fingerprint density at radius 2 is 1.78 bits per heavy atom. The molecule has 0 saturated carbocycles. The van der Waals surface area contributed by atoms with Crippen LogP contribution in [-0.4, -0.2) is 84.2 Å². The van der Waals surface area contributed by atoms with Gasteiger partial charge in [0.2, 0.25) is 5.91 Å². The van der Waals surface area contributed by atoms with Crippen molar-refractivity contribution in [2.45, 2.75) is 45.1 Å². The molecule has 0 aromatic heterocycles. The average Bonchev–Trinajstić information content (AvgIpc) is 2.90. The molecule has 1 N–H and O–H groups in total. The van der Waals surface area contributed by atoms with E-state index in [1.165, 1.54) is 4.90 Å². The van der Waals surface area contributed by atoms with E-state index >= 15 is 0 Å². The molecule has 0 bridgehead atoms. The summed E-state index contributed by atoms with van der Waals surface area (Å²) in [6.45, 7) is 3.60. The summed E-state index contributed by atoms with van der Waals surface area (Å²) in [4.78, 5) is 51.5. The number of hydrogen-bond donors (Lipinski definition) is 1. The number of carbonyl (C=O) groups excluding carboxylic acids is 3. The number of rotatable bonds is 9. The van der Waals surface area contributed by atoms with E-state index in [0.29, 0.717) is 50.1 Å². The van der Waals surface area contributed by atoms with Crippen LogP contribution >= 0.6 is 0 Å². The fourth-order valence-electron chi connectivity index (χ4n) is 4.58.